The third-order valence-electron chi connectivity index (χ3n) is 4.48. The van der Waals surface area contributed by atoms with Crippen molar-refractivity contribution in [2.45, 2.75) is 13.8 Å². The second-order valence-electron chi connectivity index (χ2n) is 6.45. The van der Waals surface area contributed by atoms with Crippen LogP contribution in [0.15, 0.2) is 54.0 Å². The number of carbonyl (C=O) groups excluding carboxylic acids is 1. The number of carbonyl (C=O) groups is 1. The minimum absolute atomic E-state index is 0.134. The highest BCUT2D eigenvalue weighted by atomic mass is 32.1. The predicted molar refractivity (Wildman–Crippen MR) is 109 cm³/mol. The molecule has 0 atom stereocenters. The quantitative estimate of drug-likeness (QED) is 0.397. The summed E-state index contributed by atoms with van der Waals surface area (Å²) in [6, 6.07) is 12.7. The van der Waals surface area contributed by atoms with Crippen molar-refractivity contribution in [2.75, 3.05) is 5.32 Å². The lowest BCUT2D eigenvalue weighted by Crippen LogP contribution is -2.15. The monoisotopic (exact) mass is 392 g/mol. The summed E-state index contributed by atoms with van der Waals surface area (Å²) in [5.74, 6) is -0.420. The first kappa shape index (κ1) is 17.9. The van der Waals surface area contributed by atoms with Crippen molar-refractivity contribution in [1.82, 2.24) is 9.38 Å². The average Bonchev–Trinajstić information content (AvgIpc) is 3.24. The van der Waals surface area contributed by atoms with Gasteiger partial charge < -0.3 is 5.32 Å². The molecule has 2 aromatic heterocycles. The van der Waals surface area contributed by atoms with Gasteiger partial charge >= 0.3 is 0 Å². The highest BCUT2D eigenvalue weighted by molar-refractivity contribution is 7.15. The van der Waals surface area contributed by atoms with Gasteiger partial charge in [0.1, 0.15) is 11.4 Å². The number of anilines is 1. The van der Waals surface area contributed by atoms with Gasteiger partial charge in [0.05, 0.1) is 10.6 Å². The molecule has 0 saturated carbocycles. The first-order valence-corrected chi connectivity index (χ1v) is 9.41. The van der Waals surface area contributed by atoms with Crippen LogP contribution in [0.5, 0.6) is 0 Å². The SMILES string of the molecule is Cc1ccc(-c2cn3c(C(=O)Nc4c(C)cccc4[N+](=O)[O-])csc3n2)cc1. The van der Waals surface area contributed by atoms with Crippen LogP contribution in [0.2, 0.25) is 0 Å². The minimum Gasteiger partial charge on any atom is -0.315 e. The fourth-order valence-electron chi connectivity index (χ4n) is 2.96. The summed E-state index contributed by atoms with van der Waals surface area (Å²) in [5.41, 5.74) is 3.96. The topological polar surface area (TPSA) is 89.5 Å². The van der Waals surface area contributed by atoms with Gasteiger partial charge in [0.2, 0.25) is 0 Å². The lowest BCUT2D eigenvalue weighted by molar-refractivity contribution is -0.384. The number of aromatic nitrogens is 2. The van der Waals surface area contributed by atoms with Crippen molar-refractivity contribution in [3.63, 3.8) is 0 Å². The second kappa shape index (κ2) is 6.90. The van der Waals surface area contributed by atoms with Gasteiger partial charge in [-0.3, -0.25) is 19.3 Å². The van der Waals surface area contributed by atoms with E-state index < -0.39 is 10.8 Å². The van der Waals surface area contributed by atoms with Crippen molar-refractivity contribution >= 4 is 33.6 Å². The number of nitrogens with zero attached hydrogens (tertiary/aromatic N) is 3. The van der Waals surface area contributed by atoms with E-state index in [0.717, 1.165) is 16.8 Å². The largest absolute Gasteiger partial charge is 0.315 e. The molecule has 4 rings (SSSR count). The smallest absolute Gasteiger partial charge is 0.293 e. The zero-order valence-corrected chi connectivity index (χ0v) is 16.0. The van der Waals surface area contributed by atoms with Crippen LogP contribution in [-0.4, -0.2) is 20.2 Å². The van der Waals surface area contributed by atoms with Gasteiger partial charge in [-0.2, -0.15) is 0 Å². The molecule has 0 bridgehead atoms. The summed E-state index contributed by atoms with van der Waals surface area (Å²) in [6.45, 7) is 3.74. The molecule has 0 aliphatic carbocycles. The number of thiazole rings is 1. The summed E-state index contributed by atoms with van der Waals surface area (Å²) < 4.78 is 1.71. The van der Waals surface area contributed by atoms with Crippen molar-refractivity contribution in [3.05, 3.63) is 81.0 Å². The van der Waals surface area contributed by atoms with E-state index in [1.165, 1.54) is 17.4 Å². The van der Waals surface area contributed by atoms with Crippen LogP contribution in [0.4, 0.5) is 11.4 Å². The number of benzene rings is 2. The molecule has 140 valence electrons. The van der Waals surface area contributed by atoms with Gasteiger partial charge in [0.25, 0.3) is 11.6 Å². The van der Waals surface area contributed by atoms with Crippen molar-refractivity contribution in [1.29, 1.82) is 0 Å². The number of imidazole rings is 1. The summed E-state index contributed by atoms with van der Waals surface area (Å²) in [6.07, 6.45) is 1.80. The molecule has 8 heteroatoms. The van der Waals surface area contributed by atoms with E-state index in [0.29, 0.717) is 16.2 Å². The van der Waals surface area contributed by atoms with Crippen molar-refractivity contribution in [3.8, 4) is 11.3 Å². The van der Waals surface area contributed by atoms with Crippen LogP contribution < -0.4 is 5.32 Å². The van der Waals surface area contributed by atoms with E-state index in [-0.39, 0.29) is 11.4 Å². The van der Waals surface area contributed by atoms with Gasteiger partial charge in [-0.15, -0.1) is 11.3 Å². The number of nitro groups is 1. The number of hydrogen-bond donors (Lipinski definition) is 1. The van der Waals surface area contributed by atoms with Gasteiger partial charge in [0.15, 0.2) is 4.96 Å². The lowest BCUT2D eigenvalue weighted by Gasteiger charge is -2.08. The van der Waals surface area contributed by atoms with E-state index in [4.69, 9.17) is 0 Å². The summed E-state index contributed by atoms with van der Waals surface area (Å²) in [4.78, 5) is 28.9. The van der Waals surface area contributed by atoms with Gasteiger partial charge in [0, 0.05) is 23.2 Å². The number of rotatable bonds is 4. The Bertz CT molecular complexity index is 1210. The molecule has 0 saturated heterocycles. The van der Waals surface area contributed by atoms with Crippen LogP contribution in [-0.2, 0) is 0 Å². The molecule has 1 N–H and O–H groups in total. The molecule has 0 aliphatic rings. The molecular formula is C20H16N4O3S. The first-order chi connectivity index (χ1) is 13.4. The Morgan fingerprint density at radius 3 is 2.64 bits per heavy atom. The van der Waals surface area contributed by atoms with Crippen LogP contribution >= 0.6 is 11.3 Å². The van der Waals surface area contributed by atoms with Crippen LogP contribution in [0.25, 0.3) is 16.2 Å². The second-order valence-corrected chi connectivity index (χ2v) is 7.28. The van der Waals surface area contributed by atoms with E-state index in [2.05, 4.69) is 10.3 Å². The molecule has 0 radical (unpaired) electrons. The first-order valence-electron chi connectivity index (χ1n) is 8.53. The zero-order chi connectivity index (χ0) is 19.8. The summed E-state index contributed by atoms with van der Waals surface area (Å²) >= 11 is 1.34. The maximum absolute atomic E-state index is 12.8. The van der Waals surface area contributed by atoms with Crippen molar-refractivity contribution < 1.29 is 9.72 Å². The Labute approximate surface area is 164 Å². The van der Waals surface area contributed by atoms with Gasteiger partial charge in [-0.25, -0.2) is 4.98 Å². The van der Waals surface area contributed by atoms with E-state index in [9.17, 15) is 14.9 Å². The van der Waals surface area contributed by atoms with Crippen molar-refractivity contribution in [2.24, 2.45) is 0 Å². The maximum atomic E-state index is 12.8. The summed E-state index contributed by atoms with van der Waals surface area (Å²) in [7, 11) is 0. The molecule has 7 nitrogen and oxygen atoms in total. The molecule has 0 unspecified atom stereocenters. The Balaban J connectivity index is 1.69. The van der Waals surface area contributed by atoms with Gasteiger partial charge in [-0.05, 0) is 19.4 Å². The number of para-hydroxylation sites is 1. The van der Waals surface area contributed by atoms with Crippen LogP contribution in [0.1, 0.15) is 21.6 Å². The molecule has 1 amide bonds. The third kappa shape index (κ3) is 3.14. The van der Waals surface area contributed by atoms with E-state index in [1.807, 2.05) is 31.2 Å². The Kier molecular flexibility index (Phi) is 4.40. The highest BCUT2D eigenvalue weighted by Crippen LogP contribution is 2.29. The number of nitrogens with one attached hydrogen (secondary N) is 1. The molecule has 0 spiro atoms. The standard InChI is InChI=1S/C20H16N4O3S/c1-12-6-8-14(9-7-12)15-10-23-17(11-28-20(23)21-15)19(25)22-18-13(2)4-3-5-16(18)24(26)27/h3-11H,1-2H3,(H,22,25). The molecule has 0 fully saturated rings. The average molecular weight is 392 g/mol. The van der Waals surface area contributed by atoms with Gasteiger partial charge in [-0.1, -0.05) is 42.0 Å². The molecule has 2 aromatic carbocycles. The number of fused-ring (bicyclic) bond motifs is 1. The molecular weight excluding hydrogens is 376 g/mol. The molecule has 2 heterocycles. The molecule has 28 heavy (non-hydrogen) atoms. The Hall–Kier alpha value is -3.52. The van der Waals surface area contributed by atoms with E-state index in [1.54, 1.807) is 35.0 Å². The number of aryl methyl sites for hydroxylation is 2. The fraction of sp³-hybridized carbons (Fsp3) is 0.100. The third-order valence-corrected chi connectivity index (χ3v) is 5.31. The van der Waals surface area contributed by atoms with Crippen LogP contribution in [0.3, 0.4) is 0 Å². The zero-order valence-electron chi connectivity index (χ0n) is 15.2. The normalized spacial score (nSPS) is 10.9. The number of nitro benzene ring substituents is 1. The van der Waals surface area contributed by atoms with E-state index >= 15 is 0 Å². The predicted octanol–water partition coefficient (Wildman–Crippen LogP) is 4.84. The van der Waals surface area contributed by atoms with Crippen LogP contribution in [0, 0.1) is 24.0 Å². The highest BCUT2D eigenvalue weighted by Gasteiger charge is 2.21. The minimum atomic E-state index is -0.501. The fourth-order valence-corrected chi connectivity index (χ4v) is 3.81. The maximum Gasteiger partial charge on any atom is 0.293 e. The Morgan fingerprint density at radius 1 is 1.18 bits per heavy atom. The molecule has 4 aromatic rings. The Morgan fingerprint density at radius 2 is 1.93 bits per heavy atom. The number of amides is 1. The summed E-state index contributed by atoms with van der Waals surface area (Å²) in [5, 5.41) is 15.7. The number of hydrogen-bond acceptors (Lipinski definition) is 5. The lowest BCUT2D eigenvalue weighted by atomic mass is 10.1. The molecule has 0 aliphatic heterocycles.